The van der Waals surface area contributed by atoms with Crippen LogP contribution in [0.4, 0.5) is 17.6 Å². The highest BCUT2D eigenvalue weighted by atomic mass is 19.2. The summed E-state index contributed by atoms with van der Waals surface area (Å²) in [6, 6.07) is 9.36. The lowest BCUT2D eigenvalue weighted by Gasteiger charge is -2.10. The lowest BCUT2D eigenvalue weighted by atomic mass is 10.0. The van der Waals surface area contributed by atoms with Gasteiger partial charge in [0.2, 0.25) is 0 Å². The van der Waals surface area contributed by atoms with Crippen LogP contribution in [0.25, 0.3) is 0 Å². The first-order valence-electron chi connectivity index (χ1n) is 4.93. The van der Waals surface area contributed by atoms with Gasteiger partial charge in [0.15, 0.2) is 23.6 Å². The SMILES string of the molecule is Fc1ccc(C(F)c2ccccc2)c(F)c1F. The molecule has 0 amide bonds. The van der Waals surface area contributed by atoms with Crippen molar-refractivity contribution in [3.05, 3.63) is 71.0 Å². The van der Waals surface area contributed by atoms with Crippen molar-refractivity contribution in [2.75, 3.05) is 0 Å². The second-order valence-corrected chi connectivity index (χ2v) is 3.54. The monoisotopic (exact) mass is 240 g/mol. The van der Waals surface area contributed by atoms with Crippen LogP contribution in [-0.2, 0) is 0 Å². The van der Waals surface area contributed by atoms with Crippen molar-refractivity contribution in [3.63, 3.8) is 0 Å². The van der Waals surface area contributed by atoms with Gasteiger partial charge < -0.3 is 0 Å². The summed E-state index contributed by atoms with van der Waals surface area (Å²) >= 11 is 0. The molecule has 1 atom stereocenters. The van der Waals surface area contributed by atoms with E-state index in [4.69, 9.17) is 0 Å². The molecule has 0 aromatic heterocycles. The van der Waals surface area contributed by atoms with Gasteiger partial charge in [-0.1, -0.05) is 30.3 Å². The van der Waals surface area contributed by atoms with Gasteiger partial charge in [-0.3, -0.25) is 0 Å². The van der Waals surface area contributed by atoms with E-state index in [9.17, 15) is 17.6 Å². The van der Waals surface area contributed by atoms with Gasteiger partial charge in [0.05, 0.1) is 0 Å². The van der Waals surface area contributed by atoms with Crippen molar-refractivity contribution < 1.29 is 17.6 Å². The summed E-state index contributed by atoms with van der Waals surface area (Å²) in [5.74, 6) is -4.46. The molecule has 17 heavy (non-hydrogen) atoms. The summed E-state index contributed by atoms with van der Waals surface area (Å²) in [5.41, 5.74) is -0.312. The molecular formula is C13H8F4. The van der Waals surface area contributed by atoms with Crippen molar-refractivity contribution in [2.45, 2.75) is 6.17 Å². The van der Waals surface area contributed by atoms with Crippen LogP contribution in [0.1, 0.15) is 17.3 Å². The van der Waals surface area contributed by atoms with E-state index in [1.54, 1.807) is 18.2 Å². The smallest absolute Gasteiger partial charge is 0.194 e. The molecule has 0 saturated carbocycles. The number of hydrogen-bond acceptors (Lipinski definition) is 0. The zero-order valence-electron chi connectivity index (χ0n) is 8.63. The average molecular weight is 240 g/mol. The number of alkyl halides is 1. The first-order chi connectivity index (χ1) is 8.11. The summed E-state index contributed by atoms with van der Waals surface area (Å²) in [4.78, 5) is 0. The quantitative estimate of drug-likeness (QED) is 0.546. The molecule has 2 rings (SSSR count). The average Bonchev–Trinajstić information content (AvgIpc) is 2.36. The third-order valence-corrected chi connectivity index (χ3v) is 2.43. The minimum Gasteiger partial charge on any atom is -0.237 e. The molecule has 0 spiro atoms. The van der Waals surface area contributed by atoms with E-state index < -0.39 is 29.2 Å². The molecule has 1 unspecified atom stereocenters. The maximum absolute atomic E-state index is 13.9. The number of halogens is 4. The Morgan fingerprint density at radius 2 is 1.41 bits per heavy atom. The highest BCUT2D eigenvalue weighted by Crippen LogP contribution is 2.29. The molecule has 0 aliphatic heterocycles. The van der Waals surface area contributed by atoms with E-state index in [2.05, 4.69) is 0 Å². The highest BCUT2D eigenvalue weighted by Gasteiger charge is 2.21. The van der Waals surface area contributed by atoms with Crippen LogP contribution >= 0.6 is 0 Å². The first kappa shape index (κ1) is 11.6. The Hall–Kier alpha value is -1.84. The summed E-state index contributed by atoms with van der Waals surface area (Å²) in [6.07, 6.45) is -1.81. The fourth-order valence-corrected chi connectivity index (χ4v) is 1.54. The Morgan fingerprint density at radius 3 is 2.06 bits per heavy atom. The van der Waals surface area contributed by atoms with Gasteiger partial charge in [0, 0.05) is 5.56 Å². The molecule has 0 radical (unpaired) electrons. The predicted octanol–water partition coefficient (Wildman–Crippen LogP) is 4.16. The first-order valence-corrected chi connectivity index (χ1v) is 4.93. The van der Waals surface area contributed by atoms with Crippen molar-refractivity contribution in [1.29, 1.82) is 0 Å². The van der Waals surface area contributed by atoms with Gasteiger partial charge in [-0.25, -0.2) is 17.6 Å². The fraction of sp³-hybridized carbons (Fsp3) is 0.0769. The van der Waals surface area contributed by atoms with Crippen LogP contribution in [0, 0.1) is 17.5 Å². The number of rotatable bonds is 2. The molecule has 2 aromatic carbocycles. The maximum atomic E-state index is 13.9. The van der Waals surface area contributed by atoms with E-state index in [1.807, 2.05) is 0 Å². The Labute approximate surface area is 95.5 Å². The van der Waals surface area contributed by atoms with E-state index >= 15 is 0 Å². The molecule has 0 N–H and O–H groups in total. The van der Waals surface area contributed by atoms with Crippen molar-refractivity contribution in [3.8, 4) is 0 Å². The third kappa shape index (κ3) is 2.16. The fourth-order valence-electron chi connectivity index (χ4n) is 1.54. The van der Waals surface area contributed by atoms with Gasteiger partial charge in [0.25, 0.3) is 0 Å². The van der Waals surface area contributed by atoms with E-state index in [0.717, 1.165) is 6.07 Å². The van der Waals surface area contributed by atoms with Crippen LogP contribution < -0.4 is 0 Å². The van der Waals surface area contributed by atoms with Crippen LogP contribution in [0.15, 0.2) is 42.5 Å². The molecule has 88 valence electrons. The second-order valence-electron chi connectivity index (χ2n) is 3.54. The summed E-state index contributed by atoms with van der Waals surface area (Å²) in [7, 11) is 0. The molecule has 2 aromatic rings. The van der Waals surface area contributed by atoms with E-state index in [1.165, 1.54) is 12.1 Å². The largest absolute Gasteiger partial charge is 0.237 e. The minimum atomic E-state index is -1.81. The van der Waals surface area contributed by atoms with Gasteiger partial charge in [-0.2, -0.15) is 0 Å². The maximum Gasteiger partial charge on any atom is 0.194 e. The van der Waals surface area contributed by atoms with Crippen LogP contribution in [0.5, 0.6) is 0 Å². The van der Waals surface area contributed by atoms with Gasteiger partial charge >= 0.3 is 0 Å². The molecule has 0 aliphatic rings. The topological polar surface area (TPSA) is 0 Å². The predicted molar refractivity (Wildman–Crippen MR) is 55.7 cm³/mol. The zero-order valence-corrected chi connectivity index (χ0v) is 8.63. The molecule has 0 heterocycles. The van der Waals surface area contributed by atoms with Gasteiger partial charge in [-0.15, -0.1) is 0 Å². The lowest BCUT2D eigenvalue weighted by Crippen LogP contribution is -2.02. The van der Waals surface area contributed by atoms with Crippen LogP contribution in [0.2, 0.25) is 0 Å². The molecule has 0 bridgehead atoms. The zero-order chi connectivity index (χ0) is 12.4. The Kier molecular flexibility index (Phi) is 3.13. The number of benzene rings is 2. The molecule has 0 fully saturated rings. The lowest BCUT2D eigenvalue weighted by molar-refractivity contribution is 0.370. The summed E-state index contributed by atoms with van der Waals surface area (Å²) in [6.45, 7) is 0. The minimum absolute atomic E-state index is 0.192. The van der Waals surface area contributed by atoms with Crippen LogP contribution in [0.3, 0.4) is 0 Å². The summed E-state index contributed by atoms with van der Waals surface area (Å²) in [5, 5.41) is 0. The molecule has 0 aliphatic carbocycles. The molecule has 0 saturated heterocycles. The van der Waals surface area contributed by atoms with Crippen molar-refractivity contribution in [1.82, 2.24) is 0 Å². The Bertz CT molecular complexity index is 522. The summed E-state index contributed by atoms with van der Waals surface area (Å²) < 4.78 is 52.9. The Morgan fingerprint density at radius 1 is 0.765 bits per heavy atom. The van der Waals surface area contributed by atoms with Gasteiger partial charge in [0.1, 0.15) is 0 Å². The number of hydrogen-bond donors (Lipinski definition) is 0. The molecule has 4 heteroatoms. The van der Waals surface area contributed by atoms with E-state index in [0.29, 0.717) is 6.07 Å². The van der Waals surface area contributed by atoms with Crippen LogP contribution in [-0.4, -0.2) is 0 Å². The Balaban J connectivity index is 2.45. The van der Waals surface area contributed by atoms with Crippen molar-refractivity contribution in [2.24, 2.45) is 0 Å². The van der Waals surface area contributed by atoms with Crippen molar-refractivity contribution >= 4 is 0 Å². The highest BCUT2D eigenvalue weighted by molar-refractivity contribution is 5.31. The third-order valence-electron chi connectivity index (χ3n) is 2.43. The standard InChI is InChI=1S/C13H8F4/c14-10-7-6-9(12(16)13(10)17)11(15)8-4-2-1-3-5-8/h1-7,11H. The van der Waals surface area contributed by atoms with E-state index in [-0.39, 0.29) is 5.56 Å². The molecular weight excluding hydrogens is 232 g/mol. The molecule has 0 nitrogen and oxygen atoms in total. The normalized spacial score (nSPS) is 12.5. The van der Waals surface area contributed by atoms with Gasteiger partial charge in [-0.05, 0) is 17.7 Å². The second kappa shape index (κ2) is 4.57.